The second-order valence-electron chi connectivity index (χ2n) is 4.03. The number of hydrogen-bond acceptors (Lipinski definition) is 5. The van der Waals surface area contributed by atoms with Gasteiger partial charge in [0.1, 0.15) is 5.76 Å². The summed E-state index contributed by atoms with van der Waals surface area (Å²) >= 11 is 1.31. The van der Waals surface area contributed by atoms with Gasteiger partial charge in [0.2, 0.25) is 5.91 Å². The molecule has 0 spiro atoms. The molecule has 0 bridgehead atoms. The van der Waals surface area contributed by atoms with E-state index in [2.05, 4.69) is 21.4 Å². The van der Waals surface area contributed by atoms with Gasteiger partial charge in [0.15, 0.2) is 11.0 Å². The lowest BCUT2D eigenvalue weighted by Crippen LogP contribution is -2.25. The summed E-state index contributed by atoms with van der Waals surface area (Å²) < 4.78 is 7.09. The fourth-order valence-electron chi connectivity index (χ4n) is 1.62. The van der Waals surface area contributed by atoms with Gasteiger partial charge in [-0.1, -0.05) is 17.7 Å². The van der Waals surface area contributed by atoms with E-state index in [4.69, 9.17) is 10.8 Å². The van der Waals surface area contributed by atoms with E-state index >= 15 is 0 Å². The molecule has 104 valence electrons. The van der Waals surface area contributed by atoms with Crippen LogP contribution in [0.3, 0.4) is 0 Å². The molecule has 0 saturated carbocycles. The Hall–Kier alpha value is -2.20. The molecule has 0 atom stereocenters. The quantitative estimate of drug-likeness (QED) is 0.662. The van der Waals surface area contributed by atoms with Crippen LogP contribution >= 0.6 is 11.8 Å². The van der Waals surface area contributed by atoms with Crippen LogP contribution in [-0.2, 0) is 11.8 Å². The van der Waals surface area contributed by atoms with Crippen LogP contribution in [0.25, 0.3) is 11.4 Å². The lowest BCUT2D eigenvalue weighted by Gasteiger charge is -2.03. The number of thioether (sulfide) groups is 1. The van der Waals surface area contributed by atoms with E-state index < -0.39 is 0 Å². The number of amides is 1. The highest BCUT2D eigenvalue weighted by Crippen LogP contribution is 2.25. The smallest absolute Gasteiger partial charge is 0.231 e. The zero-order chi connectivity index (χ0) is 14.5. The van der Waals surface area contributed by atoms with E-state index in [1.807, 2.05) is 24.6 Å². The molecule has 1 N–H and O–H groups in total. The Morgan fingerprint density at radius 2 is 2.40 bits per heavy atom. The van der Waals surface area contributed by atoms with Crippen molar-refractivity contribution in [1.82, 2.24) is 20.1 Å². The molecule has 6 nitrogen and oxygen atoms in total. The number of aromatic nitrogens is 3. The molecule has 2 rings (SSSR count). The Morgan fingerprint density at radius 1 is 1.60 bits per heavy atom. The average molecular weight is 290 g/mol. The normalized spacial score (nSPS) is 10.2. The van der Waals surface area contributed by atoms with Crippen molar-refractivity contribution in [3.63, 3.8) is 0 Å². The Labute approximate surface area is 120 Å². The summed E-state index contributed by atoms with van der Waals surface area (Å²) in [5.74, 6) is 3.96. The van der Waals surface area contributed by atoms with Gasteiger partial charge in [-0.15, -0.1) is 16.6 Å². The summed E-state index contributed by atoms with van der Waals surface area (Å²) in [6.07, 6.45) is 6.68. The van der Waals surface area contributed by atoms with Crippen molar-refractivity contribution in [2.24, 2.45) is 7.05 Å². The third-order valence-corrected chi connectivity index (χ3v) is 3.67. The zero-order valence-electron chi connectivity index (χ0n) is 11.2. The van der Waals surface area contributed by atoms with Crippen molar-refractivity contribution < 1.29 is 9.21 Å². The van der Waals surface area contributed by atoms with Gasteiger partial charge in [-0.05, 0) is 13.0 Å². The maximum atomic E-state index is 11.5. The van der Waals surface area contributed by atoms with Gasteiger partial charge in [0, 0.05) is 7.05 Å². The highest BCUT2D eigenvalue weighted by atomic mass is 32.2. The molecule has 20 heavy (non-hydrogen) atoms. The van der Waals surface area contributed by atoms with Gasteiger partial charge in [-0.25, -0.2) is 0 Å². The highest BCUT2D eigenvalue weighted by molar-refractivity contribution is 7.99. The van der Waals surface area contributed by atoms with Crippen LogP contribution in [-0.4, -0.2) is 33.0 Å². The SMILES string of the molecule is C#CCNC(=O)CSc1nnc(-c2ccoc2C)n1C. The van der Waals surface area contributed by atoms with Crippen molar-refractivity contribution in [3.05, 3.63) is 18.1 Å². The first-order valence-electron chi connectivity index (χ1n) is 5.90. The molecule has 0 unspecified atom stereocenters. The Kier molecular flexibility index (Phi) is 4.48. The lowest BCUT2D eigenvalue weighted by atomic mass is 10.2. The number of terminal acetylenes is 1. The number of aryl methyl sites for hydroxylation is 1. The lowest BCUT2D eigenvalue weighted by molar-refractivity contribution is -0.118. The summed E-state index contributed by atoms with van der Waals surface area (Å²) in [5.41, 5.74) is 0.892. The monoisotopic (exact) mass is 290 g/mol. The summed E-state index contributed by atoms with van der Waals surface area (Å²) in [7, 11) is 1.85. The minimum atomic E-state index is -0.128. The Morgan fingerprint density at radius 3 is 3.05 bits per heavy atom. The Balaban J connectivity index is 2.05. The van der Waals surface area contributed by atoms with Crippen molar-refractivity contribution in [3.8, 4) is 23.7 Å². The topological polar surface area (TPSA) is 73.0 Å². The van der Waals surface area contributed by atoms with E-state index in [9.17, 15) is 4.79 Å². The second-order valence-corrected chi connectivity index (χ2v) is 4.97. The van der Waals surface area contributed by atoms with Gasteiger partial charge in [0.25, 0.3) is 0 Å². The molecular weight excluding hydrogens is 276 g/mol. The van der Waals surface area contributed by atoms with Crippen LogP contribution in [0, 0.1) is 19.3 Å². The molecule has 2 aromatic rings. The van der Waals surface area contributed by atoms with E-state index in [1.165, 1.54) is 11.8 Å². The third-order valence-electron chi connectivity index (χ3n) is 2.65. The molecule has 1 amide bonds. The maximum Gasteiger partial charge on any atom is 0.231 e. The minimum absolute atomic E-state index is 0.128. The molecule has 0 aromatic carbocycles. The number of furan rings is 1. The van der Waals surface area contributed by atoms with E-state index in [0.717, 1.165) is 11.3 Å². The average Bonchev–Trinajstić information content (AvgIpc) is 3.00. The van der Waals surface area contributed by atoms with Crippen LogP contribution in [0.5, 0.6) is 0 Å². The van der Waals surface area contributed by atoms with Crippen molar-refractivity contribution in [1.29, 1.82) is 0 Å². The number of rotatable bonds is 5. The van der Waals surface area contributed by atoms with E-state index in [-0.39, 0.29) is 18.2 Å². The molecule has 0 aliphatic rings. The summed E-state index contributed by atoms with van der Waals surface area (Å²) in [5, 5.41) is 11.5. The molecule has 0 radical (unpaired) electrons. The van der Waals surface area contributed by atoms with E-state index in [1.54, 1.807) is 6.26 Å². The molecule has 7 heteroatoms. The molecule has 2 aromatic heterocycles. The van der Waals surface area contributed by atoms with E-state index in [0.29, 0.717) is 11.0 Å². The Bertz CT molecular complexity index is 654. The number of carbonyl (C=O) groups excluding carboxylic acids is 1. The van der Waals surface area contributed by atoms with Gasteiger partial charge in [0.05, 0.1) is 24.1 Å². The van der Waals surface area contributed by atoms with Crippen LogP contribution in [0.15, 0.2) is 21.9 Å². The third kappa shape index (κ3) is 3.03. The predicted molar refractivity (Wildman–Crippen MR) is 76.0 cm³/mol. The fraction of sp³-hybridized carbons (Fsp3) is 0.308. The molecule has 0 fully saturated rings. The molecule has 0 saturated heterocycles. The molecule has 0 aliphatic heterocycles. The fourth-order valence-corrected chi connectivity index (χ4v) is 2.36. The van der Waals surface area contributed by atoms with Gasteiger partial charge in [-0.3, -0.25) is 4.79 Å². The first-order valence-corrected chi connectivity index (χ1v) is 6.89. The molecule has 2 heterocycles. The van der Waals surface area contributed by atoms with Crippen LogP contribution < -0.4 is 5.32 Å². The van der Waals surface area contributed by atoms with Crippen molar-refractivity contribution in [2.45, 2.75) is 12.1 Å². The summed E-state index contributed by atoms with van der Waals surface area (Å²) in [4.78, 5) is 11.5. The number of nitrogens with zero attached hydrogens (tertiary/aromatic N) is 3. The standard InChI is InChI=1S/C13H14N4O2S/c1-4-6-14-11(18)8-20-13-16-15-12(17(13)3)10-5-7-19-9(10)2/h1,5,7H,6,8H2,2-3H3,(H,14,18). The highest BCUT2D eigenvalue weighted by Gasteiger charge is 2.15. The molecular formula is C13H14N4O2S. The van der Waals surface area contributed by atoms with Gasteiger partial charge in [-0.2, -0.15) is 0 Å². The minimum Gasteiger partial charge on any atom is -0.469 e. The first-order chi connectivity index (χ1) is 9.63. The molecule has 0 aliphatic carbocycles. The number of carbonyl (C=O) groups is 1. The number of hydrogen-bond donors (Lipinski definition) is 1. The predicted octanol–water partition coefficient (Wildman–Crippen LogP) is 1.23. The van der Waals surface area contributed by atoms with Crippen molar-refractivity contribution >= 4 is 17.7 Å². The van der Waals surface area contributed by atoms with Crippen LogP contribution in [0.4, 0.5) is 0 Å². The second kappa shape index (κ2) is 6.30. The van der Waals surface area contributed by atoms with Crippen molar-refractivity contribution in [2.75, 3.05) is 12.3 Å². The summed E-state index contributed by atoms with van der Waals surface area (Å²) in [6.45, 7) is 2.10. The van der Waals surface area contributed by atoms with Gasteiger partial charge >= 0.3 is 0 Å². The van der Waals surface area contributed by atoms with Crippen LogP contribution in [0.2, 0.25) is 0 Å². The van der Waals surface area contributed by atoms with Crippen LogP contribution in [0.1, 0.15) is 5.76 Å². The van der Waals surface area contributed by atoms with Gasteiger partial charge < -0.3 is 14.3 Å². The maximum absolute atomic E-state index is 11.5. The first kappa shape index (κ1) is 14.2. The largest absolute Gasteiger partial charge is 0.469 e. The summed E-state index contributed by atoms with van der Waals surface area (Å²) in [6, 6.07) is 1.84. The number of nitrogens with one attached hydrogen (secondary N) is 1. The zero-order valence-corrected chi connectivity index (χ0v) is 12.0.